The van der Waals surface area contributed by atoms with Gasteiger partial charge in [0.1, 0.15) is 0 Å². The maximum Gasteiger partial charge on any atom is 0.0715 e. The molecule has 0 atom stereocenters. The standard InChI is InChI=1S/C12H17N3/c1-8-6-10-9(7-13-15(10)5)11(14-8)12(2,3)4/h6-7H,1-5H3. The first-order valence-electron chi connectivity index (χ1n) is 5.19. The highest BCUT2D eigenvalue weighted by atomic mass is 15.2. The van der Waals surface area contributed by atoms with Crippen LogP contribution >= 0.6 is 0 Å². The number of hydrogen-bond donors (Lipinski definition) is 0. The van der Waals surface area contributed by atoms with E-state index in [1.807, 2.05) is 24.9 Å². The Bertz CT molecular complexity index is 503. The molecule has 0 aliphatic carbocycles. The quantitative estimate of drug-likeness (QED) is 0.659. The Balaban J connectivity index is 2.84. The minimum atomic E-state index is 0.0628. The summed E-state index contributed by atoms with van der Waals surface area (Å²) in [5.41, 5.74) is 3.40. The Morgan fingerprint density at radius 1 is 1.27 bits per heavy atom. The van der Waals surface area contributed by atoms with Gasteiger partial charge in [-0.25, -0.2) is 0 Å². The van der Waals surface area contributed by atoms with Gasteiger partial charge >= 0.3 is 0 Å². The van der Waals surface area contributed by atoms with Crippen molar-refractivity contribution in [3.63, 3.8) is 0 Å². The summed E-state index contributed by atoms with van der Waals surface area (Å²) < 4.78 is 1.90. The molecule has 2 aromatic rings. The lowest BCUT2D eigenvalue weighted by molar-refractivity contribution is 0.574. The van der Waals surface area contributed by atoms with Crippen LogP contribution < -0.4 is 0 Å². The third-order valence-electron chi connectivity index (χ3n) is 2.58. The van der Waals surface area contributed by atoms with Crippen LogP contribution in [-0.4, -0.2) is 14.8 Å². The van der Waals surface area contributed by atoms with E-state index < -0.39 is 0 Å². The Labute approximate surface area is 90.1 Å². The van der Waals surface area contributed by atoms with E-state index >= 15 is 0 Å². The second kappa shape index (κ2) is 3.05. The normalized spacial score (nSPS) is 12.3. The molecule has 2 aromatic heterocycles. The van der Waals surface area contributed by atoms with Gasteiger partial charge in [0.25, 0.3) is 0 Å². The van der Waals surface area contributed by atoms with E-state index in [-0.39, 0.29) is 5.41 Å². The fourth-order valence-electron chi connectivity index (χ4n) is 1.84. The first kappa shape index (κ1) is 10.1. The van der Waals surface area contributed by atoms with Crippen LogP contribution in [0.5, 0.6) is 0 Å². The highest BCUT2D eigenvalue weighted by molar-refractivity contribution is 5.82. The molecule has 3 heteroatoms. The van der Waals surface area contributed by atoms with E-state index in [2.05, 4.69) is 36.9 Å². The average molecular weight is 203 g/mol. The Kier molecular flexibility index (Phi) is 2.07. The number of aromatic nitrogens is 3. The molecule has 0 bridgehead atoms. The molecule has 2 heterocycles. The van der Waals surface area contributed by atoms with Crippen molar-refractivity contribution in [3.05, 3.63) is 23.7 Å². The Morgan fingerprint density at radius 2 is 1.93 bits per heavy atom. The maximum atomic E-state index is 4.63. The zero-order valence-corrected chi connectivity index (χ0v) is 10.00. The molecule has 0 spiro atoms. The summed E-state index contributed by atoms with van der Waals surface area (Å²) in [4.78, 5) is 4.63. The summed E-state index contributed by atoms with van der Waals surface area (Å²) in [5.74, 6) is 0. The lowest BCUT2D eigenvalue weighted by atomic mass is 9.89. The van der Waals surface area contributed by atoms with Crippen LogP contribution in [0, 0.1) is 6.92 Å². The molecule has 0 aromatic carbocycles. The van der Waals surface area contributed by atoms with Gasteiger partial charge in [0.15, 0.2) is 0 Å². The third kappa shape index (κ3) is 1.62. The van der Waals surface area contributed by atoms with E-state index in [4.69, 9.17) is 0 Å². The summed E-state index contributed by atoms with van der Waals surface area (Å²) in [6.45, 7) is 8.57. The van der Waals surface area contributed by atoms with Crippen molar-refractivity contribution in [3.8, 4) is 0 Å². The Morgan fingerprint density at radius 3 is 2.53 bits per heavy atom. The molecule has 0 amide bonds. The monoisotopic (exact) mass is 203 g/mol. The predicted molar refractivity (Wildman–Crippen MR) is 61.9 cm³/mol. The van der Waals surface area contributed by atoms with Crippen molar-refractivity contribution < 1.29 is 0 Å². The molecule has 0 unspecified atom stereocenters. The molecular weight excluding hydrogens is 186 g/mol. The van der Waals surface area contributed by atoms with Gasteiger partial charge in [0.05, 0.1) is 17.4 Å². The molecule has 0 radical (unpaired) electrons. The fourth-order valence-corrected chi connectivity index (χ4v) is 1.84. The van der Waals surface area contributed by atoms with Crippen LogP contribution in [0.3, 0.4) is 0 Å². The topological polar surface area (TPSA) is 30.7 Å². The Hall–Kier alpha value is -1.38. The molecule has 0 saturated carbocycles. The second-order valence-corrected chi connectivity index (χ2v) is 5.06. The minimum absolute atomic E-state index is 0.0628. The van der Waals surface area contributed by atoms with Gasteiger partial charge in [-0.15, -0.1) is 0 Å². The molecule has 2 rings (SSSR count). The van der Waals surface area contributed by atoms with E-state index in [1.165, 1.54) is 0 Å². The first-order valence-corrected chi connectivity index (χ1v) is 5.19. The van der Waals surface area contributed by atoms with Gasteiger partial charge in [0.2, 0.25) is 0 Å². The van der Waals surface area contributed by atoms with Gasteiger partial charge in [0, 0.05) is 23.5 Å². The first-order chi connectivity index (χ1) is 6.89. The number of aryl methyl sites for hydroxylation is 2. The van der Waals surface area contributed by atoms with Crippen LogP contribution in [0.25, 0.3) is 10.9 Å². The van der Waals surface area contributed by atoms with Crippen molar-refractivity contribution in [2.45, 2.75) is 33.1 Å². The molecule has 0 fully saturated rings. The second-order valence-electron chi connectivity index (χ2n) is 5.06. The number of fused-ring (bicyclic) bond motifs is 1. The summed E-state index contributed by atoms with van der Waals surface area (Å²) in [6.07, 6.45) is 1.91. The van der Waals surface area contributed by atoms with Gasteiger partial charge in [-0.3, -0.25) is 9.67 Å². The fraction of sp³-hybridized carbons (Fsp3) is 0.500. The van der Waals surface area contributed by atoms with E-state index in [1.54, 1.807) is 0 Å². The van der Waals surface area contributed by atoms with Crippen LogP contribution in [0.1, 0.15) is 32.2 Å². The van der Waals surface area contributed by atoms with Crippen molar-refractivity contribution in [1.82, 2.24) is 14.8 Å². The number of nitrogens with zero attached hydrogens (tertiary/aromatic N) is 3. The molecular formula is C12H17N3. The van der Waals surface area contributed by atoms with Crippen LogP contribution in [0.4, 0.5) is 0 Å². The highest BCUT2D eigenvalue weighted by Gasteiger charge is 2.20. The van der Waals surface area contributed by atoms with E-state index in [0.29, 0.717) is 0 Å². The molecule has 3 nitrogen and oxygen atoms in total. The van der Waals surface area contributed by atoms with Crippen LogP contribution in [0.15, 0.2) is 12.3 Å². The largest absolute Gasteiger partial charge is 0.268 e. The van der Waals surface area contributed by atoms with Gasteiger partial charge < -0.3 is 0 Å². The van der Waals surface area contributed by atoms with Crippen molar-refractivity contribution in [2.24, 2.45) is 7.05 Å². The molecule has 80 valence electrons. The SMILES string of the molecule is Cc1cc2c(cnn2C)c(C(C)(C)C)n1. The molecule has 0 aliphatic heterocycles. The van der Waals surface area contributed by atoms with Crippen molar-refractivity contribution >= 4 is 10.9 Å². The smallest absolute Gasteiger partial charge is 0.0715 e. The van der Waals surface area contributed by atoms with Crippen molar-refractivity contribution in [2.75, 3.05) is 0 Å². The predicted octanol–water partition coefficient (Wildman–Crippen LogP) is 2.57. The van der Waals surface area contributed by atoms with Crippen LogP contribution in [0.2, 0.25) is 0 Å². The third-order valence-corrected chi connectivity index (χ3v) is 2.58. The number of rotatable bonds is 0. The van der Waals surface area contributed by atoms with E-state index in [0.717, 1.165) is 22.3 Å². The summed E-state index contributed by atoms with van der Waals surface area (Å²) >= 11 is 0. The molecule has 0 saturated heterocycles. The highest BCUT2D eigenvalue weighted by Crippen LogP contribution is 2.28. The van der Waals surface area contributed by atoms with Gasteiger partial charge in [-0.05, 0) is 13.0 Å². The molecule has 0 aliphatic rings. The zero-order chi connectivity index (χ0) is 11.2. The van der Waals surface area contributed by atoms with Gasteiger partial charge in [-0.1, -0.05) is 20.8 Å². The summed E-state index contributed by atoms with van der Waals surface area (Å²) in [7, 11) is 1.97. The van der Waals surface area contributed by atoms with Crippen LogP contribution in [-0.2, 0) is 12.5 Å². The number of pyridine rings is 1. The summed E-state index contributed by atoms with van der Waals surface area (Å²) in [6, 6.07) is 2.08. The molecule has 0 N–H and O–H groups in total. The van der Waals surface area contributed by atoms with Crippen molar-refractivity contribution in [1.29, 1.82) is 0 Å². The zero-order valence-electron chi connectivity index (χ0n) is 10.00. The maximum absolute atomic E-state index is 4.63. The molecule has 15 heavy (non-hydrogen) atoms. The van der Waals surface area contributed by atoms with Gasteiger partial charge in [-0.2, -0.15) is 5.10 Å². The summed E-state index contributed by atoms with van der Waals surface area (Å²) in [5, 5.41) is 5.45. The van der Waals surface area contributed by atoms with E-state index in [9.17, 15) is 0 Å². The minimum Gasteiger partial charge on any atom is -0.268 e. The average Bonchev–Trinajstić information content (AvgIpc) is 2.45. The lowest BCUT2D eigenvalue weighted by Gasteiger charge is -2.19. The number of hydrogen-bond acceptors (Lipinski definition) is 2. The lowest BCUT2D eigenvalue weighted by Crippen LogP contribution is -2.14.